The average molecular weight is 563 g/mol. The van der Waals surface area contributed by atoms with Crippen molar-refractivity contribution in [1.82, 2.24) is 10.2 Å². The summed E-state index contributed by atoms with van der Waals surface area (Å²) in [5, 5.41) is 3.91. The van der Waals surface area contributed by atoms with Crippen molar-refractivity contribution in [3.8, 4) is 0 Å². The van der Waals surface area contributed by atoms with Crippen LogP contribution in [0, 0.1) is 6.92 Å². The maximum absolute atomic E-state index is 13.3. The molecular weight excluding hydrogens is 533 g/mol. The molecule has 0 aliphatic heterocycles. The number of halogens is 3. The summed E-state index contributed by atoms with van der Waals surface area (Å²) in [5.74, 6) is -0.582. The van der Waals surface area contributed by atoms with Crippen LogP contribution in [0.1, 0.15) is 37.3 Å². The fourth-order valence-electron chi connectivity index (χ4n) is 3.77. The molecule has 0 aliphatic rings. The van der Waals surface area contributed by atoms with E-state index in [9.17, 15) is 18.0 Å². The van der Waals surface area contributed by atoms with Gasteiger partial charge in [-0.05, 0) is 55.2 Å². The zero-order valence-corrected chi connectivity index (χ0v) is 23.2. The van der Waals surface area contributed by atoms with Gasteiger partial charge in [0.2, 0.25) is 21.8 Å². The Kier molecular flexibility index (Phi) is 10.7. The topological polar surface area (TPSA) is 86.8 Å². The summed E-state index contributed by atoms with van der Waals surface area (Å²) in [6.07, 6.45) is 1.79. The van der Waals surface area contributed by atoms with Gasteiger partial charge in [-0.3, -0.25) is 13.9 Å². The van der Waals surface area contributed by atoms with E-state index in [1.807, 2.05) is 6.92 Å². The second kappa shape index (κ2) is 12.8. The Bertz CT molecular complexity index is 1170. The molecule has 35 heavy (non-hydrogen) atoms. The molecule has 0 aromatic heterocycles. The van der Waals surface area contributed by atoms with Crippen LogP contribution in [-0.4, -0.2) is 51.0 Å². The molecule has 0 saturated heterocycles. The van der Waals surface area contributed by atoms with Crippen molar-refractivity contribution in [2.75, 3.05) is 24.2 Å². The van der Waals surface area contributed by atoms with Gasteiger partial charge >= 0.3 is 0 Å². The van der Waals surface area contributed by atoms with Gasteiger partial charge in [0, 0.05) is 41.6 Å². The van der Waals surface area contributed by atoms with Gasteiger partial charge in [0.25, 0.3) is 0 Å². The summed E-state index contributed by atoms with van der Waals surface area (Å²) >= 11 is 18.5. The number of amides is 2. The van der Waals surface area contributed by atoms with Crippen LogP contribution in [0.15, 0.2) is 36.4 Å². The molecule has 1 N–H and O–H groups in total. The highest BCUT2D eigenvalue weighted by Crippen LogP contribution is 2.29. The SMILES string of the molecule is CC[C@@H](C(=O)NC)N(Cc1ccc(Cl)cc1Cl)C(=O)CCCN(c1cccc(Cl)c1C)S(C)(=O)=O. The van der Waals surface area contributed by atoms with Crippen molar-refractivity contribution < 1.29 is 18.0 Å². The monoisotopic (exact) mass is 561 g/mol. The standard InChI is InChI=1S/C24H30Cl3N3O4S/c1-5-21(24(32)28-3)29(15-17-11-12-18(25)14-20(17)27)23(31)10-7-13-30(35(4,33)34)22-9-6-8-19(26)16(22)2/h6,8-9,11-12,14,21H,5,7,10,13,15H2,1-4H3,(H,28,32)/t21-/m0/s1. The molecule has 1 atom stereocenters. The van der Waals surface area contributed by atoms with Gasteiger partial charge in [-0.25, -0.2) is 8.42 Å². The average Bonchev–Trinajstić information content (AvgIpc) is 2.79. The first-order valence-corrected chi connectivity index (χ1v) is 14.1. The summed E-state index contributed by atoms with van der Waals surface area (Å²) < 4.78 is 26.3. The Morgan fingerprint density at radius 1 is 1.09 bits per heavy atom. The van der Waals surface area contributed by atoms with Crippen LogP contribution in [0.25, 0.3) is 0 Å². The second-order valence-corrected chi connectivity index (χ2v) is 11.3. The number of anilines is 1. The molecular formula is C24H30Cl3N3O4S. The van der Waals surface area contributed by atoms with E-state index in [0.717, 1.165) is 6.26 Å². The number of nitrogens with one attached hydrogen (secondary N) is 1. The van der Waals surface area contributed by atoms with Crippen molar-refractivity contribution in [1.29, 1.82) is 0 Å². The minimum absolute atomic E-state index is 0.0321. The molecule has 2 amide bonds. The Hall–Kier alpha value is -2.00. The molecule has 0 radical (unpaired) electrons. The summed E-state index contributed by atoms with van der Waals surface area (Å²) in [6, 6.07) is 9.31. The van der Waals surface area contributed by atoms with Crippen LogP contribution >= 0.6 is 34.8 Å². The first kappa shape index (κ1) is 29.2. The van der Waals surface area contributed by atoms with Crippen LogP contribution in [-0.2, 0) is 26.2 Å². The van der Waals surface area contributed by atoms with Gasteiger partial charge in [-0.1, -0.05) is 53.9 Å². The van der Waals surface area contributed by atoms with Gasteiger partial charge < -0.3 is 10.2 Å². The number of nitrogens with zero attached hydrogens (tertiary/aromatic N) is 2. The lowest BCUT2D eigenvalue weighted by Gasteiger charge is -2.31. The lowest BCUT2D eigenvalue weighted by molar-refractivity contribution is -0.141. The lowest BCUT2D eigenvalue weighted by Crippen LogP contribution is -2.48. The highest BCUT2D eigenvalue weighted by atomic mass is 35.5. The van der Waals surface area contributed by atoms with E-state index in [1.165, 1.54) is 16.3 Å². The molecule has 192 valence electrons. The maximum Gasteiger partial charge on any atom is 0.242 e. The van der Waals surface area contributed by atoms with Crippen LogP contribution in [0.2, 0.25) is 15.1 Å². The van der Waals surface area contributed by atoms with E-state index in [1.54, 1.807) is 43.3 Å². The van der Waals surface area contributed by atoms with Gasteiger partial charge in [0.05, 0.1) is 11.9 Å². The molecule has 7 nitrogen and oxygen atoms in total. The van der Waals surface area contributed by atoms with Crippen molar-refractivity contribution in [2.45, 2.75) is 45.7 Å². The molecule has 0 bridgehead atoms. The van der Waals surface area contributed by atoms with E-state index in [4.69, 9.17) is 34.8 Å². The van der Waals surface area contributed by atoms with E-state index in [0.29, 0.717) is 38.3 Å². The molecule has 2 aromatic rings. The minimum Gasteiger partial charge on any atom is -0.357 e. The van der Waals surface area contributed by atoms with Gasteiger partial charge in [-0.2, -0.15) is 0 Å². The molecule has 0 aliphatic carbocycles. The Morgan fingerprint density at radius 3 is 2.34 bits per heavy atom. The fourth-order valence-corrected chi connectivity index (χ4v) is 5.42. The summed E-state index contributed by atoms with van der Waals surface area (Å²) in [7, 11) is -2.10. The van der Waals surface area contributed by atoms with Crippen LogP contribution in [0.5, 0.6) is 0 Å². The third-order valence-corrected chi connectivity index (χ3v) is 7.82. The van der Waals surface area contributed by atoms with E-state index >= 15 is 0 Å². The van der Waals surface area contributed by atoms with Crippen molar-refractivity contribution in [2.24, 2.45) is 0 Å². The van der Waals surface area contributed by atoms with Crippen molar-refractivity contribution >= 4 is 62.3 Å². The maximum atomic E-state index is 13.3. The van der Waals surface area contributed by atoms with E-state index < -0.39 is 16.1 Å². The molecule has 2 aromatic carbocycles. The predicted octanol–water partition coefficient (Wildman–Crippen LogP) is 5.05. The zero-order valence-electron chi connectivity index (χ0n) is 20.1. The number of hydrogen-bond acceptors (Lipinski definition) is 4. The number of sulfonamides is 1. The van der Waals surface area contributed by atoms with E-state index in [-0.39, 0.29) is 37.7 Å². The third kappa shape index (κ3) is 7.74. The van der Waals surface area contributed by atoms with Crippen LogP contribution in [0.4, 0.5) is 5.69 Å². The fraction of sp³-hybridized carbons (Fsp3) is 0.417. The summed E-state index contributed by atoms with van der Waals surface area (Å²) in [4.78, 5) is 27.3. The predicted molar refractivity (Wildman–Crippen MR) is 143 cm³/mol. The number of hydrogen-bond donors (Lipinski definition) is 1. The number of benzene rings is 2. The van der Waals surface area contributed by atoms with Crippen LogP contribution < -0.4 is 9.62 Å². The first-order valence-electron chi connectivity index (χ1n) is 11.1. The normalized spacial score (nSPS) is 12.2. The zero-order chi connectivity index (χ0) is 26.3. The third-order valence-electron chi connectivity index (χ3n) is 5.65. The number of carbonyl (C=O) groups is 2. The van der Waals surface area contributed by atoms with Gasteiger partial charge in [0.1, 0.15) is 6.04 Å². The smallest absolute Gasteiger partial charge is 0.242 e. The molecule has 2 rings (SSSR count). The quantitative estimate of drug-likeness (QED) is 0.415. The highest BCUT2D eigenvalue weighted by molar-refractivity contribution is 7.92. The molecule has 0 heterocycles. The highest BCUT2D eigenvalue weighted by Gasteiger charge is 2.29. The van der Waals surface area contributed by atoms with Crippen molar-refractivity contribution in [3.05, 3.63) is 62.6 Å². The van der Waals surface area contributed by atoms with Gasteiger partial charge in [0.15, 0.2) is 0 Å². The van der Waals surface area contributed by atoms with Crippen LogP contribution in [0.3, 0.4) is 0 Å². The molecule has 0 unspecified atom stereocenters. The van der Waals surface area contributed by atoms with E-state index in [2.05, 4.69) is 5.32 Å². The Balaban J connectivity index is 2.26. The number of likely N-dealkylation sites (N-methyl/N-ethyl adjacent to an activating group) is 1. The largest absolute Gasteiger partial charge is 0.357 e. The first-order chi connectivity index (χ1) is 16.4. The van der Waals surface area contributed by atoms with Gasteiger partial charge in [-0.15, -0.1) is 0 Å². The summed E-state index contributed by atoms with van der Waals surface area (Å²) in [6.45, 7) is 3.76. The second-order valence-electron chi connectivity index (χ2n) is 8.12. The van der Waals surface area contributed by atoms with Crippen molar-refractivity contribution in [3.63, 3.8) is 0 Å². The molecule has 0 spiro atoms. The number of carbonyl (C=O) groups excluding carboxylic acids is 2. The Labute approximate surface area is 222 Å². The minimum atomic E-state index is -3.62. The molecule has 0 fully saturated rings. The lowest BCUT2D eigenvalue weighted by atomic mass is 10.1. The molecule has 0 saturated carbocycles. The molecule has 11 heteroatoms. The number of rotatable bonds is 11. The Morgan fingerprint density at radius 2 is 1.77 bits per heavy atom. The summed E-state index contributed by atoms with van der Waals surface area (Å²) in [5.41, 5.74) is 1.75.